The summed E-state index contributed by atoms with van der Waals surface area (Å²) in [7, 11) is 1.34. The van der Waals surface area contributed by atoms with Crippen LogP contribution in [0.5, 0.6) is 0 Å². The van der Waals surface area contributed by atoms with Crippen LogP contribution in [0, 0.1) is 5.41 Å². The topological polar surface area (TPSA) is 70.1 Å². The Bertz CT molecular complexity index is 732. The first kappa shape index (κ1) is 19.1. The standard InChI is InChI=1S/C21H24N2O4/c1-27-20(25)21(12-14-22(26)15-13-21)16-19(24)23(17-8-4-2-5-9-17)18-10-6-3-7-11-18/h2-11,26H,12-16H2,1H3. The normalized spacial score (nSPS) is 16.5. The maximum atomic E-state index is 13.4. The first-order chi connectivity index (χ1) is 13.1. The van der Waals surface area contributed by atoms with Crippen molar-refractivity contribution in [1.82, 2.24) is 5.06 Å². The maximum absolute atomic E-state index is 13.4. The van der Waals surface area contributed by atoms with E-state index in [1.807, 2.05) is 60.7 Å². The van der Waals surface area contributed by atoms with E-state index >= 15 is 0 Å². The molecule has 2 aromatic rings. The van der Waals surface area contributed by atoms with Gasteiger partial charge in [-0.1, -0.05) is 36.4 Å². The fourth-order valence-electron chi connectivity index (χ4n) is 3.55. The molecule has 0 atom stereocenters. The monoisotopic (exact) mass is 368 g/mol. The summed E-state index contributed by atoms with van der Waals surface area (Å²) in [5.74, 6) is -0.575. The van der Waals surface area contributed by atoms with Crippen molar-refractivity contribution >= 4 is 23.3 Å². The van der Waals surface area contributed by atoms with Gasteiger partial charge >= 0.3 is 5.97 Å². The third-order valence-corrected chi connectivity index (χ3v) is 5.08. The number of carbonyl (C=O) groups excluding carboxylic acids is 2. The SMILES string of the molecule is COC(=O)C1(CC(=O)N(c2ccccc2)c2ccccc2)CCN(O)CC1. The number of hydroxylamine groups is 2. The van der Waals surface area contributed by atoms with Crippen LogP contribution in [0.15, 0.2) is 60.7 Å². The zero-order chi connectivity index (χ0) is 19.3. The van der Waals surface area contributed by atoms with Gasteiger partial charge in [0.2, 0.25) is 5.91 Å². The van der Waals surface area contributed by atoms with E-state index in [1.165, 1.54) is 12.2 Å². The molecule has 2 aromatic carbocycles. The highest BCUT2D eigenvalue weighted by Gasteiger charge is 2.45. The van der Waals surface area contributed by atoms with E-state index in [0.717, 1.165) is 11.4 Å². The number of esters is 1. The lowest BCUT2D eigenvalue weighted by molar-refractivity contribution is -0.169. The van der Waals surface area contributed by atoms with Crippen molar-refractivity contribution in [3.63, 3.8) is 0 Å². The van der Waals surface area contributed by atoms with Gasteiger partial charge in [0, 0.05) is 30.9 Å². The van der Waals surface area contributed by atoms with Crippen molar-refractivity contribution in [3.05, 3.63) is 60.7 Å². The lowest BCUT2D eigenvalue weighted by Gasteiger charge is -2.38. The van der Waals surface area contributed by atoms with Crippen LogP contribution >= 0.6 is 0 Å². The molecule has 142 valence electrons. The number of nitrogens with zero attached hydrogens (tertiary/aromatic N) is 2. The molecular formula is C21H24N2O4. The van der Waals surface area contributed by atoms with E-state index in [4.69, 9.17) is 4.74 Å². The van der Waals surface area contributed by atoms with Crippen molar-refractivity contribution in [2.24, 2.45) is 5.41 Å². The van der Waals surface area contributed by atoms with Gasteiger partial charge in [-0.25, -0.2) is 0 Å². The third-order valence-electron chi connectivity index (χ3n) is 5.08. The minimum atomic E-state index is -0.924. The van der Waals surface area contributed by atoms with Crippen LogP contribution in [0.4, 0.5) is 11.4 Å². The number of benzene rings is 2. The number of methoxy groups -OCH3 is 1. The maximum Gasteiger partial charge on any atom is 0.312 e. The fraction of sp³-hybridized carbons (Fsp3) is 0.333. The summed E-state index contributed by atoms with van der Waals surface area (Å²) in [4.78, 5) is 27.5. The Labute approximate surface area is 158 Å². The van der Waals surface area contributed by atoms with Gasteiger partial charge in [0.15, 0.2) is 0 Å². The van der Waals surface area contributed by atoms with Gasteiger partial charge in [0.25, 0.3) is 0 Å². The van der Waals surface area contributed by atoms with E-state index in [0.29, 0.717) is 25.9 Å². The van der Waals surface area contributed by atoms with Crippen molar-refractivity contribution < 1.29 is 19.5 Å². The van der Waals surface area contributed by atoms with E-state index in [-0.39, 0.29) is 12.3 Å². The van der Waals surface area contributed by atoms with Crippen LogP contribution in [-0.2, 0) is 14.3 Å². The Morgan fingerprint density at radius 1 is 1.00 bits per heavy atom. The molecule has 1 fully saturated rings. The Morgan fingerprint density at radius 3 is 1.93 bits per heavy atom. The van der Waals surface area contributed by atoms with Gasteiger partial charge in [-0.3, -0.25) is 14.5 Å². The van der Waals surface area contributed by atoms with Gasteiger partial charge < -0.3 is 9.94 Å². The summed E-state index contributed by atoms with van der Waals surface area (Å²) in [5, 5.41) is 10.9. The predicted molar refractivity (Wildman–Crippen MR) is 102 cm³/mol. The molecule has 1 N–H and O–H groups in total. The smallest absolute Gasteiger partial charge is 0.312 e. The number of para-hydroxylation sites is 2. The number of rotatable bonds is 5. The minimum absolute atomic E-state index is 0.0251. The fourth-order valence-corrected chi connectivity index (χ4v) is 3.55. The second-order valence-corrected chi connectivity index (χ2v) is 6.80. The van der Waals surface area contributed by atoms with Crippen molar-refractivity contribution in [3.8, 4) is 0 Å². The van der Waals surface area contributed by atoms with Crippen molar-refractivity contribution in [2.75, 3.05) is 25.1 Å². The van der Waals surface area contributed by atoms with Gasteiger partial charge in [-0.05, 0) is 37.1 Å². The molecule has 6 nitrogen and oxygen atoms in total. The zero-order valence-electron chi connectivity index (χ0n) is 15.4. The molecule has 1 heterocycles. The molecule has 0 saturated carbocycles. The number of hydrogen-bond donors (Lipinski definition) is 1. The molecule has 0 unspecified atom stereocenters. The molecule has 1 amide bonds. The van der Waals surface area contributed by atoms with Crippen molar-refractivity contribution in [2.45, 2.75) is 19.3 Å². The lowest BCUT2D eigenvalue weighted by Crippen LogP contribution is -2.46. The first-order valence-corrected chi connectivity index (χ1v) is 9.01. The van der Waals surface area contributed by atoms with Crippen LogP contribution in [0.3, 0.4) is 0 Å². The Balaban J connectivity index is 1.93. The first-order valence-electron chi connectivity index (χ1n) is 9.01. The molecule has 1 aliphatic heterocycles. The average Bonchev–Trinajstić information content (AvgIpc) is 2.71. The molecule has 0 aromatic heterocycles. The Morgan fingerprint density at radius 2 is 1.48 bits per heavy atom. The summed E-state index contributed by atoms with van der Waals surface area (Å²) < 4.78 is 5.01. The highest BCUT2D eigenvalue weighted by molar-refractivity contribution is 6.02. The predicted octanol–water partition coefficient (Wildman–Crippen LogP) is 3.39. The molecule has 0 bridgehead atoms. The summed E-state index contributed by atoms with van der Waals surface area (Å²) >= 11 is 0. The number of ether oxygens (including phenoxy) is 1. The summed E-state index contributed by atoms with van der Waals surface area (Å²) in [6, 6.07) is 18.7. The molecular weight excluding hydrogens is 344 g/mol. The van der Waals surface area contributed by atoms with Gasteiger partial charge in [0.1, 0.15) is 0 Å². The second-order valence-electron chi connectivity index (χ2n) is 6.80. The summed E-state index contributed by atoms with van der Waals surface area (Å²) in [5.41, 5.74) is 0.564. The molecule has 6 heteroatoms. The van der Waals surface area contributed by atoms with Gasteiger partial charge in [-0.2, -0.15) is 5.06 Å². The number of carbonyl (C=O) groups is 2. The summed E-state index contributed by atoms with van der Waals surface area (Å²) in [6.45, 7) is 0.665. The third kappa shape index (κ3) is 4.18. The van der Waals surface area contributed by atoms with E-state index in [2.05, 4.69) is 0 Å². The van der Waals surface area contributed by atoms with Crippen LogP contribution in [-0.4, -0.2) is 42.3 Å². The van der Waals surface area contributed by atoms with Crippen LogP contribution < -0.4 is 4.90 Å². The molecule has 0 radical (unpaired) electrons. The van der Waals surface area contributed by atoms with Gasteiger partial charge in [-0.15, -0.1) is 0 Å². The lowest BCUT2D eigenvalue weighted by atomic mass is 9.75. The van der Waals surface area contributed by atoms with Crippen LogP contribution in [0.2, 0.25) is 0 Å². The number of piperidine rings is 1. The number of hydrogen-bond acceptors (Lipinski definition) is 5. The zero-order valence-corrected chi connectivity index (χ0v) is 15.4. The molecule has 27 heavy (non-hydrogen) atoms. The average molecular weight is 368 g/mol. The molecule has 1 saturated heterocycles. The van der Waals surface area contributed by atoms with E-state index in [9.17, 15) is 14.8 Å². The minimum Gasteiger partial charge on any atom is -0.469 e. The molecule has 0 aliphatic carbocycles. The highest BCUT2D eigenvalue weighted by Crippen LogP contribution is 2.38. The van der Waals surface area contributed by atoms with E-state index < -0.39 is 11.4 Å². The summed E-state index contributed by atoms with van der Waals surface area (Å²) in [6.07, 6.45) is 0.774. The second kappa shape index (κ2) is 8.33. The molecule has 3 rings (SSSR count). The van der Waals surface area contributed by atoms with Crippen LogP contribution in [0.1, 0.15) is 19.3 Å². The van der Waals surface area contributed by atoms with Crippen LogP contribution in [0.25, 0.3) is 0 Å². The quantitative estimate of drug-likeness (QED) is 0.819. The largest absolute Gasteiger partial charge is 0.469 e. The molecule has 1 aliphatic rings. The van der Waals surface area contributed by atoms with E-state index in [1.54, 1.807) is 4.90 Å². The van der Waals surface area contributed by atoms with Crippen molar-refractivity contribution in [1.29, 1.82) is 0 Å². The Hall–Kier alpha value is -2.70. The molecule has 0 spiro atoms. The number of anilines is 2. The number of amides is 1. The highest BCUT2D eigenvalue weighted by atomic mass is 16.5. The van der Waals surface area contributed by atoms with Gasteiger partial charge in [0.05, 0.1) is 12.5 Å². The Kier molecular flexibility index (Phi) is 5.88.